The predicted molar refractivity (Wildman–Crippen MR) is 97.1 cm³/mol. The smallest absolute Gasteiger partial charge is 0.200 e. The minimum Gasteiger partial charge on any atom is -0.504 e. The molecule has 1 saturated heterocycles. The Morgan fingerprint density at radius 2 is 1.83 bits per heavy atom. The van der Waals surface area contributed by atoms with Gasteiger partial charge in [-0.25, -0.2) is 15.0 Å². The molecule has 0 aliphatic carbocycles. The summed E-state index contributed by atoms with van der Waals surface area (Å²) in [5.74, 6) is -1.20. The van der Waals surface area contributed by atoms with Gasteiger partial charge in [-0.1, -0.05) is 0 Å². The second-order valence-corrected chi connectivity index (χ2v) is 6.57. The van der Waals surface area contributed by atoms with Crippen molar-refractivity contribution in [3.05, 3.63) is 30.4 Å². The second-order valence-electron chi connectivity index (χ2n) is 6.57. The van der Waals surface area contributed by atoms with E-state index in [1.807, 2.05) is 0 Å². The number of hydrogen-bond acceptors (Lipinski definition) is 11. The van der Waals surface area contributed by atoms with E-state index in [0.29, 0.717) is 22.5 Å². The Hall–Kier alpha value is -3.19. The van der Waals surface area contributed by atoms with Crippen LogP contribution < -0.4 is 5.32 Å². The van der Waals surface area contributed by atoms with Crippen LogP contribution in [0.2, 0.25) is 0 Å². The van der Waals surface area contributed by atoms with E-state index >= 15 is 0 Å². The predicted octanol–water partition coefficient (Wildman–Crippen LogP) is -0.833. The molecule has 4 rings (SSSR count). The molecule has 7 N–H and O–H groups in total. The number of phenols is 3. The molecule has 12 nitrogen and oxygen atoms in total. The number of aromatic nitrogens is 4. The summed E-state index contributed by atoms with van der Waals surface area (Å²) < 4.78 is 6.93. The number of aliphatic hydroxyl groups is 3. The fraction of sp³-hybridized carbons (Fsp3) is 0.353. The Balaban J connectivity index is 1.61. The number of benzene rings is 1. The van der Waals surface area contributed by atoms with Crippen LogP contribution in [0.4, 0.5) is 5.82 Å². The maximum Gasteiger partial charge on any atom is 0.200 e. The second kappa shape index (κ2) is 7.33. The van der Waals surface area contributed by atoms with Gasteiger partial charge < -0.3 is 40.7 Å². The molecule has 0 amide bonds. The first-order chi connectivity index (χ1) is 13.9. The normalized spacial score (nSPS) is 24.2. The zero-order chi connectivity index (χ0) is 20.7. The lowest BCUT2D eigenvalue weighted by atomic mass is 10.1. The van der Waals surface area contributed by atoms with Gasteiger partial charge in [0, 0.05) is 12.1 Å². The van der Waals surface area contributed by atoms with Crippen LogP contribution in [0.5, 0.6) is 17.2 Å². The summed E-state index contributed by atoms with van der Waals surface area (Å²) in [6.45, 7) is -0.390. The highest BCUT2D eigenvalue weighted by Gasteiger charge is 2.44. The number of ether oxygens (including phenoxy) is 1. The number of fused-ring (bicyclic) bond motifs is 1. The summed E-state index contributed by atoms with van der Waals surface area (Å²) in [4.78, 5) is 12.5. The molecule has 0 spiro atoms. The van der Waals surface area contributed by atoms with Crippen LogP contribution in [0.15, 0.2) is 24.8 Å². The van der Waals surface area contributed by atoms with Gasteiger partial charge in [0.1, 0.15) is 24.6 Å². The number of phenolic OH excluding ortho intramolecular Hbond substituents is 3. The number of anilines is 1. The molecule has 0 saturated carbocycles. The third-order valence-electron chi connectivity index (χ3n) is 4.81. The minimum atomic E-state index is -1.28. The zero-order valence-electron chi connectivity index (χ0n) is 14.9. The van der Waals surface area contributed by atoms with Crippen molar-refractivity contribution in [1.29, 1.82) is 0 Å². The van der Waals surface area contributed by atoms with Gasteiger partial charge >= 0.3 is 0 Å². The largest absolute Gasteiger partial charge is 0.504 e. The van der Waals surface area contributed by atoms with Crippen LogP contribution in [0.3, 0.4) is 0 Å². The van der Waals surface area contributed by atoms with E-state index in [2.05, 4.69) is 20.3 Å². The van der Waals surface area contributed by atoms with Gasteiger partial charge in [0.15, 0.2) is 34.7 Å². The Morgan fingerprint density at radius 1 is 1.03 bits per heavy atom. The number of imidazole rings is 1. The molecule has 0 bridgehead atoms. The van der Waals surface area contributed by atoms with E-state index in [-0.39, 0.29) is 6.54 Å². The standard InChI is InChI=1S/C17H19N5O7/c23-4-9-13(27)14(28)17(29-9)22-6-21-10-15(19-5-20-16(10)22)18-3-7-1-2-8(24)12(26)11(7)25/h1-2,5-6,9,13-14,17,23-28H,3-4H2,(H,18,19,20)/t9-,13-,14-,17?/m1/s1. The van der Waals surface area contributed by atoms with E-state index in [9.17, 15) is 30.6 Å². The fourth-order valence-electron chi connectivity index (χ4n) is 3.21. The molecule has 3 heterocycles. The summed E-state index contributed by atoms with van der Waals surface area (Å²) >= 11 is 0. The highest BCUT2D eigenvalue weighted by Crippen LogP contribution is 2.37. The molecule has 4 atom stereocenters. The lowest BCUT2D eigenvalue weighted by Crippen LogP contribution is -2.33. The molecule has 1 aliphatic rings. The lowest BCUT2D eigenvalue weighted by molar-refractivity contribution is -0.0511. The molecule has 0 radical (unpaired) electrons. The number of hydrogen-bond donors (Lipinski definition) is 7. The van der Waals surface area contributed by atoms with Crippen molar-refractivity contribution in [2.24, 2.45) is 0 Å². The molecular formula is C17H19N5O7. The third kappa shape index (κ3) is 3.17. The van der Waals surface area contributed by atoms with Crippen molar-refractivity contribution >= 4 is 17.0 Å². The molecule has 154 valence electrons. The Kier molecular flexibility index (Phi) is 4.84. The molecule has 3 aromatic rings. The Morgan fingerprint density at radius 3 is 2.55 bits per heavy atom. The van der Waals surface area contributed by atoms with Gasteiger partial charge in [-0.3, -0.25) is 4.57 Å². The third-order valence-corrected chi connectivity index (χ3v) is 4.81. The van der Waals surface area contributed by atoms with Crippen LogP contribution in [0.1, 0.15) is 11.8 Å². The molecule has 2 aromatic heterocycles. The summed E-state index contributed by atoms with van der Waals surface area (Å²) in [5, 5.41) is 61.4. The van der Waals surface area contributed by atoms with Crippen molar-refractivity contribution in [2.75, 3.05) is 11.9 Å². The average molecular weight is 405 g/mol. The number of aliphatic hydroxyl groups excluding tert-OH is 3. The van der Waals surface area contributed by atoms with Crippen LogP contribution in [-0.4, -0.2) is 75.1 Å². The number of rotatable bonds is 5. The van der Waals surface area contributed by atoms with Crippen molar-refractivity contribution in [3.8, 4) is 17.2 Å². The first-order valence-electron chi connectivity index (χ1n) is 8.69. The molecule has 29 heavy (non-hydrogen) atoms. The molecule has 1 aromatic carbocycles. The van der Waals surface area contributed by atoms with Crippen molar-refractivity contribution in [3.63, 3.8) is 0 Å². The van der Waals surface area contributed by atoms with Crippen LogP contribution >= 0.6 is 0 Å². The van der Waals surface area contributed by atoms with Gasteiger partial charge in [0.25, 0.3) is 0 Å². The van der Waals surface area contributed by atoms with Crippen molar-refractivity contribution in [1.82, 2.24) is 19.5 Å². The molecule has 1 fully saturated rings. The average Bonchev–Trinajstić information content (AvgIpc) is 3.27. The molecule has 1 aliphatic heterocycles. The monoisotopic (exact) mass is 405 g/mol. The van der Waals surface area contributed by atoms with Crippen LogP contribution in [0, 0.1) is 0 Å². The summed E-state index contributed by atoms with van der Waals surface area (Å²) in [6.07, 6.45) is -1.84. The van der Waals surface area contributed by atoms with E-state index < -0.39 is 48.4 Å². The van der Waals surface area contributed by atoms with Crippen molar-refractivity contribution < 1.29 is 35.4 Å². The topological polar surface area (TPSA) is 186 Å². The summed E-state index contributed by atoms with van der Waals surface area (Å²) in [5.41, 5.74) is 0.970. The minimum absolute atomic E-state index is 0.0620. The van der Waals surface area contributed by atoms with Gasteiger partial charge in [0.2, 0.25) is 5.75 Å². The van der Waals surface area contributed by atoms with Gasteiger partial charge in [-0.2, -0.15) is 0 Å². The van der Waals surface area contributed by atoms with E-state index in [1.165, 1.54) is 29.4 Å². The highest BCUT2D eigenvalue weighted by molar-refractivity contribution is 5.82. The summed E-state index contributed by atoms with van der Waals surface area (Å²) in [7, 11) is 0. The maximum absolute atomic E-state index is 10.2. The lowest BCUT2D eigenvalue weighted by Gasteiger charge is -2.16. The van der Waals surface area contributed by atoms with Gasteiger partial charge in [0.05, 0.1) is 12.9 Å². The van der Waals surface area contributed by atoms with Crippen LogP contribution in [-0.2, 0) is 11.3 Å². The van der Waals surface area contributed by atoms with Gasteiger partial charge in [-0.05, 0) is 12.1 Å². The quantitative estimate of drug-likeness (QED) is 0.263. The van der Waals surface area contributed by atoms with Crippen LogP contribution in [0.25, 0.3) is 11.2 Å². The summed E-state index contributed by atoms with van der Waals surface area (Å²) in [6, 6.07) is 2.69. The first-order valence-corrected chi connectivity index (χ1v) is 8.69. The van der Waals surface area contributed by atoms with E-state index in [1.54, 1.807) is 0 Å². The Labute approximate surface area is 163 Å². The first kappa shape index (κ1) is 19.1. The van der Waals surface area contributed by atoms with Gasteiger partial charge in [-0.15, -0.1) is 0 Å². The molecular weight excluding hydrogens is 386 g/mol. The number of aromatic hydroxyl groups is 3. The van der Waals surface area contributed by atoms with E-state index in [4.69, 9.17) is 4.74 Å². The maximum atomic E-state index is 10.2. The SMILES string of the molecule is OC[C@H]1OC(n2cnc3c(NCc4ccc(O)c(O)c4O)ncnc32)[C@H](O)[C@@H]1O. The Bertz CT molecular complexity index is 1040. The van der Waals surface area contributed by atoms with E-state index in [0.717, 1.165) is 0 Å². The highest BCUT2D eigenvalue weighted by atomic mass is 16.6. The number of nitrogens with zero attached hydrogens (tertiary/aromatic N) is 4. The molecule has 12 heteroatoms. The van der Waals surface area contributed by atoms with Crippen molar-refractivity contribution in [2.45, 2.75) is 31.1 Å². The number of nitrogens with one attached hydrogen (secondary N) is 1. The fourth-order valence-corrected chi connectivity index (χ4v) is 3.21. The molecule has 1 unspecified atom stereocenters. The zero-order valence-corrected chi connectivity index (χ0v) is 14.9.